The van der Waals surface area contributed by atoms with Crippen molar-refractivity contribution in [3.05, 3.63) is 41.5 Å². The third-order valence-electron chi connectivity index (χ3n) is 3.03. The highest BCUT2D eigenvalue weighted by molar-refractivity contribution is 5.78. The fourth-order valence-corrected chi connectivity index (χ4v) is 2.24. The van der Waals surface area contributed by atoms with Gasteiger partial charge in [-0.3, -0.25) is 0 Å². The van der Waals surface area contributed by atoms with Crippen molar-refractivity contribution in [3.8, 4) is 0 Å². The molecular formula is C13H17NO. The van der Waals surface area contributed by atoms with Crippen LogP contribution in [0.4, 0.5) is 0 Å². The van der Waals surface area contributed by atoms with Gasteiger partial charge in [-0.2, -0.15) is 0 Å². The molecule has 0 bridgehead atoms. The largest absolute Gasteiger partial charge is 0.387 e. The SMILES string of the molecule is CC1(C)C=C([C@@H](O)CN)c2ccccc21. The van der Waals surface area contributed by atoms with Crippen LogP contribution in [0.1, 0.15) is 25.0 Å². The van der Waals surface area contributed by atoms with E-state index < -0.39 is 6.10 Å². The van der Waals surface area contributed by atoms with Crippen LogP contribution in [0.5, 0.6) is 0 Å². The van der Waals surface area contributed by atoms with Crippen LogP contribution in [0.15, 0.2) is 30.3 Å². The molecule has 0 spiro atoms. The first kappa shape index (κ1) is 10.4. The molecule has 0 heterocycles. The minimum atomic E-state index is -0.548. The van der Waals surface area contributed by atoms with Gasteiger partial charge < -0.3 is 10.8 Å². The molecule has 15 heavy (non-hydrogen) atoms. The lowest BCUT2D eigenvalue weighted by molar-refractivity contribution is 0.241. The van der Waals surface area contributed by atoms with Crippen molar-refractivity contribution < 1.29 is 5.11 Å². The lowest BCUT2D eigenvalue weighted by Gasteiger charge is -2.16. The molecule has 0 amide bonds. The monoisotopic (exact) mass is 203 g/mol. The second-order valence-corrected chi connectivity index (χ2v) is 4.62. The summed E-state index contributed by atoms with van der Waals surface area (Å²) in [6, 6.07) is 8.19. The van der Waals surface area contributed by atoms with Crippen molar-refractivity contribution in [3.63, 3.8) is 0 Å². The molecule has 2 heteroatoms. The summed E-state index contributed by atoms with van der Waals surface area (Å²) in [4.78, 5) is 0. The summed E-state index contributed by atoms with van der Waals surface area (Å²) in [5, 5.41) is 9.84. The Morgan fingerprint density at radius 1 is 1.33 bits per heavy atom. The van der Waals surface area contributed by atoms with Crippen LogP contribution < -0.4 is 5.73 Å². The highest BCUT2D eigenvalue weighted by Gasteiger charge is 2.31. The fraction of sp³-hybridized carbons (Fsp3) is 0.385. The van der Waals surface area contributed by atoms with E-state index in [4.69, 9.17) is 5.73 Å². The Balaban J connectivity index is 2.53. The van der Waals surface area contributed by atoms with E-state index in [1.807, 2.05) is 12.1 Å². The second kappa shape index (κ2) is 3.47. The highest BCUT2D eigenvalue weighted by Crippen LogP contribution is 2.41. The summed E-state index contributed by atoms with van der Waals surface area (Å²) in [6.45, 7) is 4.58. The van der Waals surface area contributed by atoms with Crippen LogP contribution >= 0.6 is 0 Å². The molecule has 1 aromatic carbocycles. The topological polar surface area (TPSA) is 46.2 Å². The summed E-state index contributed by atoms with van der Waals surface area (Å²) < 4.78 is 0. The number of rotatable bonds is 2. The average Bonchev–Trinajstić information content (AvgIpc) is 2.51. The summed E-state index contributed by atoms with van der Waals surface area (Å²) in [6.07, 6.45) is 1.57. The first-order valence-corrected chi connectivity index (χ1v) is 5.27. The molecule has 1 aliphatic rings. The van der Waals surface area contributed by atoms with Gasteiger partial charge in [0.2, 0.25) is 0 Å². The Morgan fingerprint density at radius 2 is 2.00 bits per heavy atom. The molecule has 0 fully saturated rings. The zero-order valence-electron chi connectivity index (χ0n) is 9.20. The third-order valence-corrected chi connectivity index (χ3v) is 3.03. The van der Waals surface area contributed by atoms with E-state index in [-0.39, 0.29) is 12.0 Å². The number of nitrogens with two attached hydrogens (primary N) is 1. The van der Waals surface area contributed by atoms with Crippen molar-refractivity contribution in [2.45, 2.75) is 25.4 Å². The lowest BCUT2D eigenvalue weighted by atomic mass is 9.87. The van der Waals surface area contributed by atoms with Gasteiger partial charge in [0.1, 0.15) is 0 Å². The second-order valence-electron chi connectivity index (χ2n) is 4.62. The van der Waals surface area contributed by atoms with Crippen LogP contribution in [-0.4, -0.2) is 17.8 Å². The van der Waals surface area contributed by atoms with Gasteiger partial charge in [0.15, 0.2) is 0 Å². The van der Waals surface area contributed by atoms with Gasteiger partial charge in [0.05, 0.1) is 6.10 Å². The molecule has 1 atom stereocenters. The van der Waals surface area contributed by atoms with E-state index in [0.29, 0.717) is 0 Å². The number of allylic oxidation sites excluding steroid dienone is 1. The van der Waals surface area contributed by atoms with Gasteiger partial charge in [0, 0.05) is 12.0 Å². The van der Waals surface area contributed by atoms with Crippen molar-refractivity contribution in [1.82, 2.24) is 0 Å². The molecule has 2 nitrogen and oxygen atoms in total. The molecule has 80 valence electrons. The zero-order chi connectivity index (χ0) is 11.1. The summed E-state index contributed by atoms with van der Waals surface area (Å²) >= 11 is 0. The number of aliphatic hydroxyl groups excluding tert-OH is 1. The average molecular weight is 203 g/mol. The number of benzene rings is 1. The molecule has 1 aromatic rings. The minimum Gasteiger partial charge on any atom is -0.387 e. The van der Waals surface area contributed by atoms with E-state index in [9.17, 15) is 5.11 Å². The maximum Gasteiger partial charge on any atom is 0.0915 e. The molecule has 1 aliphatic carbocycles. The molecule has 0 saturated carbocycles. The van der Waals surface area contributed by atoms with Gasteiger partial charge in [-0.15, -0.1) is 0 Å². The van der Waals surface area contributed by atoms with Crippen molar-refractivity contribution in [1.29, 1.82) is 0 Å². The quantitative estimate of drug-likeness (QED) is 0.768. The molecule has 0 unspecified atom stereocenters. The molecular weight excluding hydrogens is 186 g/mol. The number of hydrogen-bond donors (Lipinski definition) is 2. The van der Waals surface area contributed by atoms with Gasteiger partial charge in [-0.25, -0.2) is 0 Å². The number of hydrogen-bond acceptors (Lipinski definition) is 2. The predicted octanol–water partition coefficient (Wildman–Crippen LogP) is 1.68. The maximum absolute atomic E-state index is 9.84. The van der Waals surface area contributed by atoms with Crippen molar-refractivity contribution in [2.24, 2.45) is 5.73 Å². The molecule has 2 rings (SSSR count). The minimum absolute atomic E-state index is 0.00206. The Hall–Kier alpha value is -1.12. The molecule has 0 saturated heterocycles. The standard InChI is InChI=1S/C13H17NO/c1-13(2)7-10(12(15)8-14)9-5-3-4-6-11(9)13/h3-7,12,15H,8,14H2,1-2H3/t12-/m0/s1. The van der Waals surface area contributed by atoms with Crippen LogP contribution in [0.2, 0.25) is 0 Å². The summed E-state index contributed by atoms with van der Waals surface area (Å²) in [7, 11) is 0. The highest BCUT2D eigenvalue weighted by atomic mass is 16.3. The van der Waals surface area contributed by atoms with Gasteiger partial charge in [-0.05, 0) is 16.7 Å². The first-order chi connectivity index (χ1) is 7.06. The number of fused-ring (bicyclic) bond motifs is 1. The number of aliphatic hydroxyl groups is 1. The summed E-state index contributed by atoms with van der Waals surface area (Å²) in [5.74, 6) is 0. The third kappa shape index (κ3) is 1.60. The normalized spacial score (nSPS) is 19.6. The van der Waals surface area contributed by atoms with E-state index in [2.05, 4.69) is 32.1 Å². The summed E-state index contributed by atoms with van der Waals surface area (Å²) in [5.41, 5.74) is 8.89. The van der Waals surface area contributed by atoms with Crippen LogP contribution in [0.3, 0.4) is 0 Å². The van der Waals surface area contributed by atoms with E-state index in [1.54, 1.807) is 0 Å². The van der Waals surface area contributed by atoms with Gasteiger partial charge in [-0.1, -0.05) is 44.2 Å². The Labute approximate surface area is 90.4 Å². The van der Waals surface area contributed by atoms with Crippen LogP contribution in [0.25, 0.3) is 5.57 Å². The Bertz CT molecular complexity index is 407. The Kier molecular flexibility index (Phi) is 2.41. The molecule has 0 aliphatic heterocycles. The van der Waals surface area contributed by atoms with Crippen molar-refractivity contribution in [2.75, 3.05) is 6.54 Å². The fourth-order valence-electron chi connectivity index (χ4n) is 2.24. The predicted molar refractivity (Wildman–Crippen MR) is 62.5 cm³/mol. The Morgan fingerprint density at radius 3 is 2.67 bits per heavy atom. The maximum atomic E-state index is 9.84. The first-order valence-electron chi connectivity index (χ1n) is 5.27. The van der Waals surface area contributed by atoms with E-state index in [1.165, 1.54) is 5.56 Å². The molecule has 3 N–H and O–H groups in total. The van der Waals surface area contributed by atoms with Crippen molar-refractivity contribution >= 4 is 5.57 Å². The van der Waals surface area contributed by atoms with Crippen LogP contribution in [0, 0.1) is 0 Å². The lowest BCUT2D eigenvalue weighted by Crippen LogP contribution is -2.20. The molecule has 0 radical (unpaired) electrons. The smallest absolute Gasteiger partial charge is 0.0915 e. The van der Waals surface area contributed by atoms with Gasteiger partial charge in [0.25, 0.3) is 0 Å². The van der Waals surface area contributed by atoms with Crippen LogP contribution in [-0.2, 0) is 5.41 Å². The van der Waals surface area contributed by atoms with Gasteiger partial charge >= 0.3 is 0 Å². The molecule has 0 aromatic heterocycles. The zero-order valence-corrected chi connectivity index (χ0v) is 9.20. The van der Waals surface area contributed by atoms with E-state index in [0.717, 1.165) is 11.1 Å². The van der Waals surface area contributed by atoms with E-state index >= 15 is 0 Å².